The van der Waals surface area contributed by atoms with Gasteiger partial charge >= 0.3 is 18.0 Å². The summed E-state index contributed by atoms with van der Waals surface area (Å²) in [6.45, 7) is 0.303. The minimum Gasteiger partial charge on any atom is -0.481 e. The Bertz CT molecular complexity index is 476. The van der Waals surface area contributed by atoms with Crippen molar-refractivity contribution in [1.29, 1.82) is 0 Å². The molecule has 0 radical (unpaired) electrons. The van der Waals surface area contributed by atoms with E-state index in [0.29, 0.717) is 25.2 Å². The number of tetrazole rings is 1. The number of nitrogens with one attached hydrogen (secondary N) is 3. The number of carbonyl (C=O) groups is 3. The number of urea groups is 1. The number of aryl methyl sites for hydroxylation is 1. The Hall–Kier alpha value is -2.72. The first-order valence-corrected chi connectivity index (χ1v) is 6.20. The Labute approximate surface area is 119 Å². The maximum Gasteiger partial charge on any atom is 0.326 e. The fourth-order valence-electron chi connectivity index (χ4n) is 1.48. The molecule has 0 bridgehead atoms. The van der Waals surface area contributed by atoms with E-state index >= 15 is 0 Å². The highest BCUT2D eigenvalue weighted by molar-refractivity contribution is 5.82. The number of rotatable bonds is 9. The SMILES string of the molecule is O=C(O)CCC(NC(=O)NCCCc1nnn[nH]1)C(=O)O. The number of carbonyl (C=O) groups excluding carboxylic acids is 1. The summed E-state index contributed by atoms with van der Waals surface area (Å²) in [6.07, 6.45) is 0.587. The van der Waals surface area contributed by atoms with Crippen molar-refractivity contribution in [3.63, 3.8) is 0 Å². The number of amides is 2. The molecule has 11 heteroatoms. The van der Waals surface area contributed by atoms with Crippen LogP contribution >= 0.6 is 0 Å². The molecule has 1 aromatic rings. The van der Waals surface area contributed by atoms with Crippen LogP contribution < -0.4 is 10.6 Å². The molecule has 1 unspecified atom stereocenters. The van der Waals surface area contributed by atoms with E-state index in [1.807, 2.05) is 0 Å². The number of aromatic amines is 1. The first kappa shape index (κ1) is 16.3. The number of hydrogen-bond acceptors (Lipinski definition) is 6. The largest absolute Gasteiger partial charge is 0.481 e. The molecule has 1 heterocycles. The van der Waals surface area contributed by atoms with Gasteiger partial charge in [0.2, 0.25) is 0 Å². The van der Waals surface area contributed by atoms with Gasteiger partial charge in [-0.2, -0.15) is 0 Å². The van der Waals surface area contributed by atoms with Crippen LogP contribution in [-0.4, -0.2) is 61.4 Å². The molecule has 0 spiro atoms. The summed E-state index contributed by atoms with van der Waals surface area (Å²) in [4.78, 5) is 32.7. The number of carboxylic acids is 2. The van der Waals surface area contributed by atoms with Crippen LogP contribution in [-0.2, 0) is 16.0 Å². The molecule has 116 valence electrons. The summed E-state index contributed by atoms with van der Waals surface area (Å²) in [5.74, 6) is -1.81. The lowest BCUT2D eigenvalue weighted by Gasteiger charge is -2.14. The van der Waals surface area contributed by atoms with Gasteiger partial charge in [-0.3, -0.25) is 4.79 Å². The van der Waals surface area contributed by atoms with Crippen molar-refractivity contribution in [2.75, 3.05) is 6.54 Å². The molecule has 5 N–H and O–H groups in total. The van der Waals surface area contributed by atoms with E-state index in [1.165, 1.54) is 0 Å². The maximum absolute atomic E-state index is 11.5. The number of H-pyrrole nitrogens is 1. The van der Waals surface area contributed by atoms with Crippen LogP contribution in [0.4, 0.5) is 4.79 Å². The third kappa shape index (κ3) is 6.84. The number of aromatic nitrogens is 4. The fourth-order valence-corrected chi connectivity index (χ4v) is 1.48. The standard InChI is InChI=1S/C10H16N6O5/c17-8(18)4-3-6(9(19)20)12-10(21)11-5-1-2-7-13-15-16-14-7/h6H,1-5H2,(H,17,18)(H,19,20)(H2,11,12,21)(H,13,14,15,16). The second-order valence-corrected chi connectivity index (χ2v) is 4.17. The highest BCUT2D eigenvalue weighted by atomic mass is 16.4. The van der Waals surface area contributed by atoms with E-state index in [4.69, 9.17) is 10.2 Å². The van der Waals surface area contributed by atoms with Gasteiger partial charge in [-0.1, -0.05) is 0 Å². The van der Waals surface area contributed by atoms with Crippen molar-refractivity contribution >= 4 is 18.0 Å². The maximum atomic E-state index is 11.5. The summed E-state index contributed by atoms with van der Waals surface area (Å²) in [7, 11) is 0. The molecule has 0 aliphatic carbocycles. The van der Waals surface area contributed by atoms with Crippen molar-refractivity contribution in [2.45, 2.75) is 31.7 Å². The van der Waals surface area contributed by atoms with Crippen LogP contribution in [0.2, 0.25) is 0 Å². The van der Waals surface area contributed by atoms with E-state index in [0.717, 1.165) is 0 Å². The van der Waals surface area contributed by atoms with Gasteiger partial charge in [0.1, 0.15) is 11.9 Å². The summed E-state index contributed by atoms with van der Waals surface area (Å²) in [6, 6.07) is -1.90. The summed E-state index contributed by atoms with van der Waals surface area (Å²) in [5.41, 5.74) is 0. The molecule has 0 fully saturated rings. The van der Waals surface area contributed by atoms with Gasteiger partial charge in [-0.15, -0.1) is 5.10 Å². The Morgan fingerprint density at radius 2 is 2.05 bits per heavy atom. The summed E-state index contributed by atoms with van der Waals surface area (Å²) >= 11 is 0. The van der Waals surface area contributed by atoms with Crippen LogP contribution in [0.25, 0.3) is 0 Å². The number of hydrogen-bond donors (Lipinski definition) is 5. The van der Waals surface area contributed by atoms with Gasteiger partial charge in [0.15, 0.2) is 0 Å². The molecule has 1 aromatic heterocycles. The molecule has 0 saturated heterocycles. The molecule has 0 aromatic carbocycles. The second-order valence-electron chi connectivity index (χ2n) is 4.17. The predicted octanol–water partition coefficient (Wildman–Crippen LogP) is -1.25. The van der Waals surface area contributed by atoms with Crippen molar-refractivity contribution in [3.8, 4) is 0 Å². The van der Waals surface area contributed by atoms with Gasteiger partial charge in [-0.25, -0.2) is 14.7 Å². The first-order valence-electron chi connectivity index (χ1n) is 6.20. The summed E-state index contributed by atoms with van der Waals surface area (Å²) in [5, 5.41) is 35.1. The lowest BCUT2D eigenvalue weighted by atomic mass is 10.1. The van der Waals surface area contributed by atoms with E-state index in [1.54, 1.807) is 0 Å². The van der Waals surface area contributed by atoms with Crippen LogP contribution in [0.3, 0.4) is 0 Å². The Balaban J connectivity index is 2.23. The zero-order valence-electron chi connectivity index (χ0n) is 11.1. The molecule has 0 aliphatic heterocycles. The number of carboxylic acid groups (broad SMARTS) is 2. The minimum absolute atomic E-state index is 0.179. The average molecular weight is 300 g/mol. The third-order valence-electron chi connectivity index (χ3n) is 2.52. The second kappa shape index (κ2) is 8.45. The molecule has 21 heavy (non-hydrogen) atoms. The molecule has 1 rings (SSSR count). The van der Waals surface area contributed by atoms with Crippen molar-refractivity contribution < 1.29 is 24.6 Å². The van der Waals surface area contributed by atoms with Gasteiger partial charge < -0.3 is 20.8 Å². The van der Waals surface area contributed by atoms with Crippen molar-refractivity contribution in [1.82, 2.24) is 31.3 Å². The van der Waals surface area contributed by atoms with E-state index in [-0.39, 0.29) is 12.8 Å². The van der Waals surface area contributed by atoms with Gasteiger partial charge in [0, 0.05) is 19.4 Å². The molecule has 2 amide bonds. The number of nitrogens with zero attached hydrogens (tertiary/aromatic N) is 3. The van der Waals surface area contributed by atoms with E-state index in [2.05, 4.69) is 31.3 Å². The van der Waals surface area contributed by atoms with Gasteiger partial charge in [0.25, 0.3) is 0 Å². The van der Waals surface area contributed by atoms with Gasteiger partial charge in [-0.05, 0) is 23.3 Å². The minimum atomic E-state index is -1.28. The zero-order chi connectivity index (χ0) is 15.7. The Morgan fingerprint density at radius 3 is 2.62 bits per heavy atom. The van der Waals surface area contributed by atoms with Crippen LogP contribution in [0.5, 0.6) is 0 Å². The van der Waals surface area contributed by atoms with Crippen LogP contribution in [0, 0.1) is 0 Å². The molecule has 11 nitrogen and oxygen atoms in total. The lowest BCUT2D eigenvalue weighted by Crippen LogP contribution is -2.46. The highest BCUT2D eigenvalue weighted by Gasteiger charge is 2.20. The quantitative estimate of drug-likeness (QED) is 0.352. The Morgan fingerprint density at radius 1 is 1.29 bits per heavy atom. The van der Waals surface area contributed by atoms with Gasteiger partial charge in [0.05, 0.1) is 0 Å². The Kier molecular flexibility index (Phi) is 6.57. The molecular formula is C10H16N6O5. The fraction of sp³-hybridized carbons (Fsp3) is 0.600. The van der Waals surface area contributed by atoms with Crippen LogP contribution in [0.15, 0.2) is 0 Å². The zero-order valence-corrected chi connectivity index (χ0v) is 11.1. The monoisotopic (exact) mass is 300 g/mol. The molecule has 0 aliphatic rings. The first-order chi connectivity index (χ1) is 9.99. The highest BCUT2D eigenvalue weighted by Crippen LogP contribution is 1.98. The number of aliphatic carboxylic acids is 2. The molecule has 0 saturated carbocycles. The lowest BCUT2D eigenvalue weighted by molar-refractivity contribution is -0.140. The van der Waals surface area contributed by atoms with Crippen molar-refractivity contribution in [3.05, 3.63) is 5.82 Å². The topological polar surface area (TPSA) is 170 Å². The summed E-state index contributed by atoms with van der Waals surface area (Å²) < 4.78 is 0. The molecular weight excluding hydrogens is 284 g/mol. The van der Waals surface area contributed by atoms with E-state index in [9.17, 15) is 14.4 Å². The molecule has 1 atom stereocenters. The van der Waals surface area contributed by atoms with E-state index < -0.39 is 24.0 Å². The average Bonchev–Trinajstić information content (AvgIpc) is 2.92. The third-order valence-corrected chi connectivity index (χ3v) is 2.52. The van der Waals surface area contributed by atoms with Crippen LogP contribution in [0.1, 0.15) is 25.1 Å². The predicted molar refractivity (Wildman–Crippen MR) is 67.3 cm³/mol. The normalized spacial score (nSPS) is 11.6. The van der Waals surface area contributed by atoms with Crippen molar-refractivity contribution in [2.24, 2.45) is 0 Å². The smallest absolute Gasteiger partial charge is 0.326 e.